The fraction of sp³-hybridized carbons (Fsp3) is 0.900. The summed E-state index contributed by atoms with van der Waals surface area (Å²) in [5.74, 6) is 5.05. The predicted molar refractivity (Wildman–Crippen MR) is 58.0 cm³/mol. The minimum Gasteiger partial charge on any atom is -0.373 e. The number of rotatable bonds is 3. The number of ether oxygens (including phenoxy) is 1. The van der Waals surface area contributed by atoms with Crippen LogP contribution in [0.5, 0.6) is 0 Å². The van der Waals surface area contributed by atoms with Crippen molar-refractivity contribution in [1.29, 1.82) is 0 Å². The lowest BCUT2D eigenvalue weighted by molar-refractivity contribution is -0.133. The monoisotopic (exact) mass is 215 g/mol. The fourth-order valence-corrected chi connectivity index (χ4v) is 2.18. The molecule has 0 radical (unpaired) electrons. The third kappa shape index (κ3) is 3.15. The standard InChI is InChI=1S/C10H21N3O2/c1-4-9(10(14)12-11)13-5-7(2)15-8(3)6-13/h7-9H,4-6,11H2,1-3H3,(H,12,14). The van der Waals surface area contributed by atoms with Crippen molar-refractivity contribution in [2.24, 2.45) is 5.84 Å². The third-order valence-electron chi connectivity index (χ3n) is 2.72. The molecule has 0 aliphatic carbocycles. The number of carbonyl (C=O) groups excluding carboxylic acids is 1. The highest BCUT2D eigenvalue weighted by atomic mass is 16.5. The van der Waals surface area contributed by atoms with Gasteiger partial charge in [0, 0.05) is 13.1 Å². The van der Waals surface area contributed by atoms with Crippen LogP contribution in [0.1, 0.15) is 27.2 Å². The number of nitrogens with one attached hydrogen (secondary N) is 1. The molecule has 88 valence electrons. The van der Waals surface area contributed by atoms with Crippen LogP contribution in [0.4, 0.5) is 0 Å². The van der Waals surface area contributed by atoms with E-state index in [-0.39, 0.29) is 24.2 Å². The number of nitrogens with two attached hydrogens (primary N) is 1. The molecule has 1 amide bonds. The van der Waals surface area contributed by atoms with Crippen molar-refractivity contribution in [1.82, 2.24) is 10.3 Å². The average Bonchev–Trinajstić information content (AvgIpc) is 2.17. The molecule has 5 heteroatoms. The molecule has 1 saturated heterocycles. The molecule has 0 aromatic carbocycles. The SMILES string of the molecule is CCC(C(=O)NN)N1CC(C)OC(C)C1. The van der Waals surface area contributed by atoms with E-state index in [1.165, 1.54) is 0 Å². The second-order valence-electron chi connectivity index (χ2n) is 4.14. The summed E-state index contributed by atoms with van der Waals surface area (Å²) in [6.07, 6.45) is 1.12. The van der Waals surface area contributed by atoms with E-state index < -0.39 is 0 Å². The number of amides is 1. The molecule has 0 spiro atoms. The zero-order valence-electron chi connectivity index (χ0n) is 9.69. The van der Waals surface area contributed by atoms with Crippen LogP contribution in [0.3, 0.4) is 0 Å². The first kappa shape index (κ1) is 12.4. The van der Waals surface area contributed by atoms with E-state index in [0.29, 0.717) is 0 Å². The first-order chi connectivity index (χ1) is 7.08. The lowest BCUT2D eigenvalue weighted by atomic mass is 10.1. The zero-order valence-corrected chi connectivity index (χ0v) is 9.69. The van der Waals surface area contributed by atoms with Crippen LogP contribution in [0, 0.1) is 0 Å². The Bertz CT molecular complexity index is 213. The second-order valence-corrected chi connectivity index (χ2v) is 4.14. The molecule has 3 atom stereocenters. The molecular formula is C10H21N3O2. The lowest BCUT2D eigenvalue weighted by Crippen LogP contribution is -2.55. The summed E-state index contributed by atoms with van der Waals surface area (Å²) in [5.41, 5.74) is 2.22. The van der Waals surface area contributed by atoms with Gasteiger partial charge in [-0.2, -0.15) is 0 Å². The molecule has 5 nitrogen and oxygen atoms in total. The molecule has 0 saturated carbocycles. The topological polar surface area (TPSA) is 67.6 Å². The molecule has 0 bridgehead atoms. The van der Waals surface area contributed by atoms with Gasteiger partial charge in [-0.25, -0.2) is 5.84 Å². The van der Waals surface area contributed by atoms with E-state index in [0.717, 1.165) is 19.5 Å². The fourth-order valence-electron chi connectivity index (χ4n) is 2.18. The first-order valence-corrected chi connectivity index (χ1v) is 5.48. The van der Waals surface area contributed by atoms with Gasteiger partial charge >= 0.3 is 0 Å². The molecule has 1 aliphatic heterocycles. The summed E-state index contributed by atoms with van der Waals surface area (Å²) in [6, 6.07) is -0.135. The van der Waals surface area contributed by atoms with Crippen LogP contribution < -0.4 is 11.3 Å². The highest BCUT2D eigenvalue weighted by Crippen LogP contribution is 2.15. The van der Waals surface area contributed by atoms with Crippen LogP contribution >= 0.6 is 0 Å². The van der Waals surface area contributed by atoms with E-state index in [9.17, 15) is 4.79 Å². The zero-order chi connectivity index (χ0) is 11.4. The number of nitrogens with zero attached hydrogens (tertiary/aromatic N) is 1. The second kappa shape index (κ2) is 5.44. The van der Waals surface area contributed by atoms with Gasteiger partial charge in [0.2, 0.25) is 0 Å². The molecule has 3 N–H and O–H groups in total. The number of morpholine rings is 1. The van der Waals surface area contributed by atoms with Gasteiger partial charge in [0.1, 0.15) is 0 Å². The molecule has 1 aliphatic rings. The highest BCUT2D eigenvalue weighted by Gasteiger charge is 2.30. The Balaban J connectivity index is 2.63. The van der Waals surface area contributed by atoms with Crippen molar-refractivity contribution < 1.29 is 9.53 Å². The quantitative estimate of drug-likeness (QED) is 0.391. The van der Waals surface area contributed by atoms with E-state index in [1.54, 1.807) is 0 Å². The largest absolute Gasteiger partial charge is 0.373 e. The predicted octanol–water partition coefficient (Wildman–Crippen LogP) is -0.136. The van der Waals surface area contributed by atoms with Crippen LogP contribution in [0.25, 0.3) is 0 Å². The maximum absolute atomic E-state index is 11.5. The van der Waals surface area contributed by atoms with Crippen molar-refractivity contribution >= 4 is 5.91 Å². The number of carbonyl (C=O) groups is 1. The van der Waals surface area contributed by atoms with Crippen LogP contribution in [-0.2, 0) is 9.53 Å². The van der Waals surface area contributed by atoms with Gasteiger partial charge in [0.25, 0.3) is 5.91 Å². The summed E-state index contributed by atoms with van der Waals surface area (Å²) in [4.78, 5) is 13.7. The van der Waals surface area contributed by atoms with Gasteiger partial charge in [-0.15, -0.1) is 0 Å². The van der Waals surface area contributed by atoms with Gasteiger partial charge in [0.05, 0.1) is 18.2 Å². The van der Waals surface area contributed by atoms with E-state index in [4.69, 9.17) is 10.6 Å². The van der Waals surface area contributed by atoms with Crippen molar-refractivity contribution in [2.75, 3.05) is 13.1 Å². The van der Waals surface area contributed by atoms with Crippen LogP contribution in [-0.4, -0.2) is 42.1 Å². The van der Waals surface area contributed by atoms with E-state index in [2.05, 4.69) is 10.3 Å². The molecule has 1 fully saturated rings. The van der Waals surface area contributed by atoms with Crippen molar-refractivity contribution in [3.63, 3.8) is 0 Å². The average molecular weight is 215 g/mol. The Morgan fingerprint density at radius 2 is 2.07 bits per heavy atom. The van der Waals surface area contributed by atoms with Gasteiger partial charge in [-0.05, 0) is 20.3 Å². The van der Waals surface area contributed by atoms with Gasteiger partial charge in [-0.3, -0.25) is 15.1 Å². The molecule has 1 heterocycles. The maximum Gasteiger partial charge on any atom is 0.251 e. The van der Waals surface area contributed by atoms with Crippen molar-refractivity contribution in [3.8, 4) is 0 Å². The smallest absolute Gasteiger partial charge is 0.251 e. The maximum atomic E-state index is 11.5. The highest BCUT2D eigenvalue weighted by molar-refractivity contribution is 5.81. The molecule has 15 heavy (non-hydrogen) atoms. The summed E-state index contributed by atoms with van der Waals surface area (Å²) < 4.78 is 5.62. The molecule has 3 unspecified atom stereocenters. The van der Waals surface area contributed by atoms with Crippen molar-refractivity contribution in [3.05, 3.63) is 0 Å². The molecular weight excluding hydrogens is 194 g/mol. The Kier molecular flexibility index (Phi) is 4.50. The van der Waals surface area contributed by atoms with E-state index in [1.807, 2.05) is 20.8 Å². The molecule has 0 aromatic heterocycles. The normalized spacial score (nSPS) is 29.9. The Hall–Kier alpha value is -0.650. The number of hydrogen-bond donors (Lipinski definition) is 2. The van der Waals surface area contributed by atoms with Crippen LogP contribution in [0.15, 0.2) is 0 Å². The van der Waals surface area contributed by atoms with Gasteiger partial charge in [0.15, 0.2) is 0 Å². The van der Waals surface area contributed by atoms with Crippen LogP contribution in [0.2, 0.25) is 0 Å². The Morgan fingerprint density at radius 3 is 2.47 bits per heavy atom. The summed E-state index contributed by atoms with van der Waals surface area (Å²) >= 11 is 0. The number of hydrogen-bond acceptors (Lipinski definition) is 4. The molecule has 1 rings (SSSR count). The van der Waals surface area contributed by atoms with Gasteiger partial charge in [-0.1, -0.05) is 6.92 Å². The minimum absolute atomic E-state index is 0.112. The summed E-state index contributed by atoms with van der Waals surface area (Å²) in [5, 5.41) is 0. The Morgan fingerprint density at radius 1 is 1.53 bits per heavy atom. The van der Waals surface area contributed by atoms with Gasteiger partial charge < -0.3 is 4.74 Å². The Labute approximate surface area is 90.9 Å². The van der Waals surface area contributed by atoms with Crippen molar-refractivity contribution in [2.45, 2.75) is 45.4 Å². The molecule has 0 aromatic rings. The minimum atomic E-state index is -0.135. The number of hydrazine groups is 1. The third-order valence-corrected chi connectivity index (χ3v) is 2.72. The van der Waals surface area contributed by atoms with E-state index >= 15 is 0 Å². The summed E-state index contributed by atoms with van der Waals surface area (Å²) in [7, 11) is 0. The lowest BCUT2D eigenvalue weighted by Gasteiger charge is -2.38. The summed E-state index contributed by atoms with van der Waals surface area (Å²) in [6.45, 7) is 7.61. The first-order valence-electron chi connectivity index (χ1n) is 5.48.